The van der Waals surface area contributed by atoms with Gasteiger partial charge in [-0.05, 0) is 12.1 Å². The number of amides is 1. The molecule has 80 valence electrons. The molecule has 8 heteroatoms. The Morgan fingerprint density at radius 3 is 3.25 bits per heavy atom. The van der Waals surface area contributed by atoms with Crippen molar-refractivity contribution in [2.45, 2.75) is 0 Å². The van der Waals surface area contributed by atoms with E-state index in [0.717, 1.165) is 0 Å². The lowest BCUT2D eigenvalue weighted by Gasteiger charge is -1.95. The quantitative estimate of drug-likeness (QED) is 0.717. The number of nitrogens with one attached hydrogen (secondary N) is 1. The minimum Gasteiger partial charge on any atom is -0.459 e. The van der Waals surface area contributed by atoms with Crippen LogP contribution in [0.4, 0.5) is 5.13 Å². The smallest absolute Gasteiger partial charge is 0.293 e. The van der Waals surface area contributed by atoms with E-state index in [0.29, 0.717) is 10.1 Å². The summed E-state index contributed by atoms with van der Waals surface area (Å²) in [6.45, 7) is 0. The van der Waals surface area contributed by atoms with Gasteiger partial charge in [-0.3, -0.25) is 10.1 Å². The second-order valence-electron chi connectivity index (χ2n) is 2.90. The molecule has 0 atom stereocenters. The average Bonchev–Trinajstić information content (AvgIpc) is 2.91. The van der Waals surface area contributed by atoms with Crippen molar-refractivity contribution < 1.29 is 9.21 Å². The zero-order valence-corrected chi connectivity index (χ0v) is 8.64. The van der Waals surface area contributed by atoms with Crippen molar-refractivity contribution >= 4 is 27.3 Å². The van der Waals surface area contributed by atoms with Gasteiger partial charge in [0.15, 0.2) is 5.76 Å². The molecule has 0 aromatic carbocycles. The van der Waals surface area contributed by atoms with Gasteiger partial charge in [-0.1, -0.05) is 11.3 Å². The van der Waals surface area contributed by atoms with E-state index < -0.39 is 0 Å². The standard InChI is InChI=1S/C8H5N5O2S/c14-6(5-2-1-3-15-5)10-7-12-13-4-9-11-8(13)16-7/h1-4H,(H,10,12,14). The van der Waals surface area contributed by atoms with Gasteiger partial charge >= 0.3 is 0 Å². The molecule has 0 unspecified atom stereocenters. The molecule has 0 aliphatic rings. The highest BCUT2D eigenvalue weighted by atomic mass is 32.1. The Balaban J connectivity index is 1.85. The van der Waals surface area contributed by atoms with Crippen LogP contribution in [0.3, 0.4) is 0 Å². The molecule has 3 heterocycles. The van der Waals surface area contributed by atoms with E-state index in [-0.39, 0.29) is 11.7 Å². The van der Waals surface area contributed by atoms with Crippen molar-refractivity contribution in [1.82, 2.24) is 19.8 Å². The summed E-state index contributed by atoms with van der Waals surface area (Å²) in [5, 5.41) is 14.6. The van der Waals surface area contributed by atoms with E-state index >= 15 is 0 Å². The summed E-state index contributed by atoms with van der Waals surface area (Å²) in [5.41, 5.74) is 0. The minimum absolute atomic E-state index is 0.242. The highest BCUT2D eigenvalue weighted by molar-refractivity contribution is 7.20. The van der Waals surface area contributed by atoms with Gasteiger partial charge in [0.25, 0.3) is 5.91 Å². The molecule has 3 rings (SSSR count). The van der Waals surface area contributed by atoms with Crippen LogP contribution >= 0.6 is 11.3 Å². The lowest BCUT2D eigenvalue weighted by atomic mass is 10.4. The van der Waals surface area contributed by atoms with Gasteiger partial charge in [-0.15, -0.1) is 15.3 Å². The summed E-state index contributed by atoms with van der Waals surface area (Å²) in [7, 11) is 0. The van der Waals surface area contributed by atoms with Crippen LogP contribution in [0.5, 0.6) is 0 Å². The lowest BCUT2D eigenvalue weighted by molar-refractivity contribution is 0.0996. The van der Waals surface area contributed by atoms with Crippen LogP contribution < -0.4 is 5.32 Å². The Bertz CT molecular complexity index is 597. The van der Waals surface area contributed by atoms with E-state index in [9.17, 15) is 4.79 Å². The van der Waals surface area contributed by atoms with Crippen LogP contribution in [-0.2, 0) is 0 Å². The maximum Gasteiger partial charge on any atom is 0.293 e. The fourth-order valence-electron chi connectivity index (χ4n) is 1.18. The number of carbonyl (C=O) groups excluding carboxylic acids is 1. The molecule has 0 saturated heterocycles. The van der Waals surface area contributed by atoms with Crippen LogP contribution in [0.2, 0.25) is 0 Å². The second kappa shape index (κ2) is 3.42. The Morgan fingerprint density at radius 2 is 2.50 bits per heavy atom. The van der Waals surface area contributed by atoms with E-state index in [1.54, 1.807) is 12.1 Å². The number of aromatic nitrogens is 4. The van der Waals surface area contributed by atoms with Gasteiger partial charge in [0.05, 0.1) is 6.26 Å². The number of furan rings is 1. The number of nitrogens with zero attached hydrogens (tertiary/aromatic N) is 4. The topological polar surface area (TPSA) is 85.3 Å². The van der Waals surface area contributed by atoms with Crippen LogP contribution in [0, 0.1) is 0 Å². The lowest BCUT2D eigenvalue weighted by Crippen LogP contribution is -2.10. The number of hydrogen-bond acceptors (Lipinski definition) is 6. The van der Waals surface area contributed by atoms with Crippen LogP contribution in [0.25, 0.3) is 4.96 Å². The molecular weight excluding hydrogens is 230 g/mol. The van der Waals surface area contributed by atoms with Gasteiger partial charge in [0.1, 0.15) is 6.33 Å². The first-order chi connectivity index (χ1) is 7.83. The van der Waals surface area contributed by atoms with Crippen molar-refractivity contribution in [2.75, 3.05) is 5.32 Å². The Morgan fingerprint density at radius 1 is 1.56 bits per heavy atom. The second-order valence-corrected chi connectivity index (χ2v) is 3.85. The van der Waals surface area contributed by atoms with Gasteiger partial charge < -0.3 is 4.42 Å². The van der Waals surface area contributed by atoms with E-state index in [1.165, 1.54) is 28.4 Å². The summed E-state index contributed by atoms with van der Waals surface area (Å²) in [4.78, 5) is 12.2. The molecule has 1 N–H and O–H groups in total. The zero-order valence-electron chi connectivity index (χ0n) is 7.82. The van der Waals surface area contributed by atoms with Gasteiger partial charge in [-0.25, -0.2) is 0 Å². The Kier molecular flexibility index (Phi) is 1.93. The molecule has 3 aromatic rings. The predicted molar refractivity (Wildman–Crippen MR) is 55.3 cm³/mol. The molecule has 3 aromatic heterocycles. The summed E-state index contributed by atoms with van der Waals surface area (Å²) in [6.07, 6.45) is 2.90. The van der Waals surface area contributed by atoms with Gasteiger partial charge in [0, 0.05) is 0 Å². The van der Waals surface area contributed by atoms with Crippen molar-refractivity contribution in [1.29, 1.82) is 0 Å². The number of hydrogen-bond donors (Lipinski definition) is 1. The SMILES string of the molecule is O=C(Nc1nn2cnnc2s1)c1ccco1. The highest BCUT2D eigenvalue weighted by Crippen LogP contribution is 2.17. The summed E-state index contributed by atoms with van der Waals surface area (Å²) in [6, 6.07) is 3.23. The van der Waals surface area contributed by atoms with Crippen LogP contribution in [-0.4, -0.2) is 25.7 Å². The maximum absolute atomic E-state index is 11.6. The molecule has 0 aliphatic heterocycles. The Hall–Kier alpha value is -2.22. The van der Waals surface area contributed by atoms with Gasteiger partial charge in [0.2, 0.25) is 10.1 Å². The van der Waals surface area contributed by atoms with Crippen molar-refractivity contribution in [3.05, 3.63) is 30.5 Å². The summed E-state index contributed by atoms with van der Waals surface area (Å²) < 4.78 is 6.44. The molecule has 0 spiro atoms. The molecule has 7 nitrogen and oxygen atoms in total. The third-order valence-corrected chi connectivity index (χ3v) is 2.68. The van der Waals surface area contributed by atoms with E-state index in [4.69, 9.17) is 4.42 Å². The summed E-state index contributed by atoms with van der Waals surface area (Å²) in [5.74, 6) is -0.0964. The van der Waals surface area contributed by atoms with Crippen molar-refractivity contribution in [3.63, 3.8) is 0 Å². The molecule has 0 aliphatic carbocycles. The number of rotatable bonds is 2. The zero-order chi connectivity index (χ0) is 11.0. The van der Waals surface area contributed by atoms with Crippen molar-refractivity contribution in [3.8, 4) is 0 Å². The maximum atomic E-state index is 11.6. The molecular formula is C8H5N5O2S. The molecule has 16 heavy (non-hydrogen) atoms. The van der Waals surface area contributed by atoms with Crippen LogP contribution in [0.15, 0.2) is 29.1 Å². The average molecular weight is 235 g/mol. The monoisotopic (exact) mass is 235 g/mol. The minimum atomic E-state index is -0.338. The fraction of sp³-hybridized carbons (Fsp3) is 0. The predicted octanol–water partition coefficient (Wildman–Crippen LogP) is 1.03. The van der Waals surface area contributed by atoms with Gasteiger partial charge in [-0.2, -0.15) is 4.52 Å². The van der Waals surface area contributed by atoms with E-state index in [1.807, 2.05) is 0 Å². The summed E-state index contributed by atoms with van der Waals surface area (Å²) >= 11 is 1.23. The Labute approximate surface area is 92.7 Å². The largest absolute Gasteiger partial charge is 0.459 e. The highest BCUT2D eigenvalue weighted by Gasteiger charge is 2.12. The molecule has 0 fully saturated rings. The third-order valence-electron chi connectivity index (χ3n) is 1.85. The normalized spacial score (nSPS) is 10.8. The van der Waals surface area contributed by atoms with Crippen molar-refractivity contribution in [2.24, 2.45) is 0 Å². The fourth-order valence-corrected chi connectivity index (χ4v) is 1.89. The number of carbonyl (C=O) groups is 1. The molecule has 1 amide bonds. The van der Waals surface area contributed by atoms with E-state index in [2.05, 4.69) is 20.6 Å². The number of anilines is 1. The first kappa shape index (κ1) is 9.04. The first-order valence-corrected chi connectivity index (χ1v) is 5.16. The molecule has 0 bridgehead atoms. The first-order valence-electron chi connectivity index (χ1n) is 4.34. The third kappa shape index (κ3) is 1.44. The van der Waals surface area contributed by atoms with Crippen LogP contribution in [0.1, 0.15) is 10.6 Å². The molecule has 0 saturated carbocycles. The number of fused-ring (bicyclic) bond motifs is 1. The molecule has 0 radical (unpaired) electrons.